The number of hydrogen-bond donors (Lipinski definition) is 3. The molecule has 0 aliphatic heterocycles. The van der Waals surface area contributed by atoms with E-state index in [1.807, 2.05) is 13.8 Å². The molecule has 0 fully saturated rings. The third-order valence-corrected chi connectivity index (χ3v) is 1.79. The Labute approximate surface area is 97.9 Å². The van der Waals surface area contributed by atoms with Crippen molar-refractivity contribution in [1.82, 2.24) is 10.6 Å². The van der Waals surface area contributed by atoms with Gasteiger partial charge in [-0.15, -0.1) is 0 Å². The molecule has 0 bridgehead atoms. The van der Waals surface area contributed by atoms with Gasteiger partial charge in [-0.1, -0.05) is 27.7 Å². The number of hydrogen-bond acceptors (Lipinski definition) is 2. The molecule has 1 amide bonds. The third-order valence-electron chi connectivity index (χ3n) is 1.79. The van der Waals surface area contributed by atoms with Gasteiger partial charge in [-0.25, -0.2) is 4.99 Å². The first kappa shape index (κ1) is 14.7. The fourth-order valence-electron chi connectivity index (χ4n) is 0.895. The van der Waals surface area contributed by atoms with Crippen molar-refractivity contribution in [2.75, 3.05) is 19.6 Å². The largest absolute Gasteiger partial charge is 0.370 e. The van der Waals surface area contributed by atoms with Crippen molar-refractivity contribution in [1.29, 1.82) is 0 Å². The highest BCUT2D eigenvalue weighted by Crippen LogP contribution is 1.87. The lowest BCUT2D eigenvalue weighted by Gasteiger charge is -2.08. The average molecular weight is 228 g/mol. The smallest absolute Gasteiger partial charge is 0.241 e. The summed E-state index contributed by atoms with van der Waals surface area (Å²) in [5, 5.41) is 5.72. The number of nitrogens with one attached hydrogen (secondary N) is 2. The molecular formula is C11H24N4O. The lowest BCUT2D eigenvalue weighted by atomic mass is 10.2. The number of amides is 1. The summed E-state index contributed by atoms with van der Waals surface area (Å²) in [7, 11) is 0. The van der Waals surface area contributed by atoms with Crippen LogP contribution in [0.25, 0.3) is 0 Å². The molecule has 0 aliphatic rings. The molecule has 0 unspecified atom stereocenters. The van der Waals surface area contributed by atoms with Crippen LogP contribution in [0.3, 0.4) is 0 Å². The summed E-state index contributed by atoms with van der Waals surface area (Å²) >= 11 is 0. The van der Waals surface area contributed by atoms with Crippen molar-refractivity contribution in [2.24, 2.45) is 22.6 Å². The van der Waals surface area contributed by atoms with Gasteiger partial charge in [0.1, 0.15) is 6.54 Å². The van der Waals surface area contributed by atoms with Gasteiger partial charge in [0.05, 0.1) is 0 Å². The Morgan fingerprint density at radius 3 is 2.12 bits per heavy atom. The van der Waals surface area contributed by atoms with Crippen LogP contribution in [0.1, 0.15) is 27.7 Å². The topological polar surface area (TPSA) is 79.5 Å². The minimum absolute atomic E-state index is 0.0870. The van der Waals surface area contributed by atoms with Gasteiger partial charge in [0.15, 0.2) is 5.96 Å². The molecule has 0 aliphatic carbocycles. The van der Waals surface area contributed by atoms with Crippen molar-refractivity contribution in [3.63, 3.8) is 0 Å². The van der Waals surface area contributed by atoms with Crippen LogP contribution in [0.15, 0.2) is 4.99 Å². The molecule has 0 radical (unpaired) electrons. The average Bonchev–Trinajstić information content (AvgIpc) is 2.20. The van der Waals surface area contributed by atoms with E-state index in [1.54, 1.807) is 0 Å². The van der Waals surface area contributed by atoms with Gasteiger partial charge < -0.3 is 16.4 Å². The summed E-state index contributed by atoms with van der Waals surface area (Å²) in [6, 6.07) is 0. The van der Waals surface area contributed by atoms with Crippen LogP contribution < -0.4 is 16.4 Å². The highest BCUT2D eigenvalue weighted by Gasteiger charge is 2.01. The standard InChI is InChI=1S/C11H24N4O/c1-8(2)5-13-10(16)7-15-11(12)14-6-9(3)4/h8-9H,5-7H2,1-4H3,(H,13,16)(H3,12,14,15). The van der Waals surface area contributed by atoms with E-state index in [-0.39, 0.29) is 12.5 Å². The first-order valence-corrected chi connectivity index (χ1v) is 5.72. The molecule has 0 aromatic heterocycles. The van der Waals surface area contributed by atoms with Gasteiger partial charge in [-0.2, -0.15) is 0 Å². The zero-order chi connectivity index (χ0) is 12.6. The van der Waals surface area contributed by atoms with Crippen LogP contribution >= 0.6 is 0 Å². The van der Waals surface area contributed by atoms with Gasteiger partial charge in [0.2, 0.25) is 5.91 Å². The van der Waals surface area contributed by atoms with Gasteiger partial charge in [-0.05, 0) is 11.8 Å². The molecule has 0 heterocycles. The number of aliphatic imine (C=N–C) groups is 1. The van der Waals surface area contributed by atoms with E-state index in [9.17, 15) is 4.79 Å². The minimum Gasteiger partial charge on any atom is -0.370 e. The summed E-state index contributed by atoms with van der Waals surface area (Å²) in [6.07, 6.45) is 0. The molecule has 94 valence electrons. The Hall–Kier alpha value is -1.26. The molecule has 16 heavy (non-hydrogen) atoms. The highest BCUT2D eigenvalue weighted by molar-refractivity contribution is 5.83. The van der Waals surface area contributed by atoms with Crippen LogP contribution in [0.5, 0.6) is 0 Å². The molecular weight excluding hydrogens is 204 g/mol. The number of nitrogens with zero attached hydrogens (tertiary/aromatic N) is 1. The SMILES string of the molecule is CC(C)CNC(=O)CN=C(N)NCC(C)C. The normalized spacial score (nSPS) is 12.0. The van der Waals surface area contributed by atoms with Crippen molar-refractivity contribution >= 4 is 11.9 Å². The zero-order valence-corrected chi connectivity index (χ0v) is 10.7. The van der Waals surface area contributed by atoms with Gasteiger partial charge >= 0.3 is 0 Å². The summed E-state index contributed by atoms with van der Waals surface area (Å²) in [5.74, 6) is 1.18. The van der Waals surface area contributed by atoms with Gasteiger partial charge in [-0.3, -0.25) is 4.79 Å². The molecule has 0 spiro atoms. The van der Waals surface area contributed by atoms with E-state index in [1.165, 1.54) is 0 Å². The Balaban J connectivity index is 3.74. The Morgan fingerprint density at radius 2 is 1.62 bits per heavy atom. The fraction of sp³-hybridized carbons (Fsp3) is 0.818. The fourth-order valence-corrected chi connectivity index (χ4v) is 0.895. The quantitative estimate of drug-likeness (QED) is 0.452. The lowest BCUT2D eigenvalue weighted by Crippen LogP contribution is -2.36. The lowest BCUT2D eigenvalue weighted by molar-refractivity contribution is -0.119. The molecule has 4 N–H and O–H groups in total. The highest BCUT2D eigenvalue weighted by atomic mass is 16.1. The Kier molecular flexibility index (Phi) is 7.33. The van der Waals surface area contributed by atoms with Crippen LogP contribution in [0, 0.1) is 11.8 Å². The maximum Gasteiger partial charge on any atom is 0.241 e. The van der Waals surface area contributed by atoms with Crippen LogP contribution in [0.4, 0.5) is 0 Å². The summed E-state index contributed by atoms with van der Waals surface area (Å²) < 4.78 is 0. The van der Waals surface area contributed by atoms with Crippen molar-refractivity contribution in [2.45, 2.75) is 27.7 Å². The third kappa shape index (κ3) is 9.30. The number of rotatable bonds is 6. The van der Waals surface area contributed by atoms with Crippen molar-refractivity contribution in [3.05, 3.63) is 0 Å². The van der Waals surface area contributed by atoms with E-state index in [2.05, 4.69) is 29.5 Å². The summed E-state index contributed by atoms with van der Waals surface area (Å²) in [4.78, 5) is 15.2. The number of guanidine groups is 1. The molecule has 0 atom stereocenters. The van der Waals surface area contributed by atoms with E-state index < -0.39 is 0 Å². The van der Waals surface area contributed by atoms with E-state index >= 15 is 0 Å². The molecule has 0 saturated carbocycles. The van der Waals surface area contributed by atoms with Crippen molar-refractivity contribution in [3.8, 4) is 0 Å². The second-order valence-electron chi connectivity index (χ2n) is 4.67. The first-order chi connectivity index (χ1) is 7.41. The van der Waals surface area contributed by atoms with E-state index in [0.29, 0.717) is 24.3 Å². The maximum absolute atomic E-state index is 11.3. The zero-order valence-electron chi connectivity index (χ0n) is 10.7. The molecule has 0 aromatic rings. The second kappa shape index (κ2) is 7.96. The molecule has 5 heteroatoms. The van der Waals surface area contributed by atoms with Crippen LogP contribution in [-0.4, -0.2) is 31.5 Å². The van der Waals surface area contributed by atoms with Crippen LogP contribution in [-0.2, 0) is 4.79 Å². The van der Waals surface area contributed by atoms with Gasteiger partial charge in [0, 0.05) is 13.1 Å². The van der Waals surface area contributed by atoms with Crippen LogP contribution in [0.2, 0.25) is 0 Å². The number of nitrogens with two attached hydrogens (primary N) is 1. The summed E-state index contributed by atoms with van der Waals surface area (Å²) in [5.41, 5.74) is 5.59. The van der Waals surface area contributed by atoms with E-state index in [0.717, 1.165) is 6.54 Å². The Bertz CT molecular complexity index is 236. The molecule has 0 rings (SSSR count). The summed E-state index contributed by atoms with van der Waals surface area (Å²) in [6.45, 7) is 9.77. The van der Waals surface area contributed by atoms with Gasteiger partial charge in [0.25, 0.3) is 0 Å². The minimum atomic E-state index is -0.0944. The monoisotopic (exact) mass is 228 g/mol. The predicted octanol–water partition coefficient (Wildman–Crippen LogP) is 0.319. The first-order valence-electron chi connectivity index (χ1n) is 5.72. The number of carbonyl (C=O) groups excluding carboxylic acids is 1. The molecule has 0 aromatic carbocycles. The Morgan fingerprint density at radius 1 is 1.12 bits per heavy atom. The second-order valence-corrected chi connectivity index (χ2v) is 4.67. The number of carbonyl (C=O) groups is 1. The van der Waals surface area contributed by atoms with E-state index in [4.69, 9.17) is 5.73 Å². The van der Waals surface area contributed by atoms with Crippen molar-refractivity contribution < 1.29 is 4.79 Å². The molecule has 5 nitrogen and oxygen atoms in total. The maximum atomic E-state index is 11.3. The molecule has 0 saturated heterocycles. The predicted molar refractivity (Wildman–Crippen MR) is 67.2 cm³/mol.